The Bertz CT molecular complexity index is 788. The summed E-state index contributed by atoms with van der Waals surface area (Å²) in [6, 6.07) is 4.60. The molecule has 6 nitrogen and oxygen atoms in total. The van der Waals surface area contributed by atoms with E-state index in [2.05, 4.69) is 15.3 Å². The number of hydrogen-bond donors (Lipinski definition) is 1. The molecule has 0 saturated carbocycles. The predicted octanol–water partition coefficient (Wildman–Crippen LogP) is 2.43. The van der Waals surface area contributed by atoms with Crippen LogP contribution in [0.2, 0.25) is 0 Å². The molecule has 0 aliphatic carbocycles. The minimum atomic E-state index is -0.390. The highest BCUT2D eigenvalue weighted by atomic mass is 32.1. The summed E-state index contributed by atoms with van der Waals surface area (Å²) in [5, 5.41) is 13.1. The Morgan fingerprint density at radius 1 is 1.38 bits per heavy atom. The number of rotatable bonds is 2. The Kier molecular flexibility index (Phi) is 2.86. The monoisotopic (exact) mass is 305 g/mol. The Labute approximate surface area is 123 Å². The summed E-state index contributed by atoms with van der Waals surface area (Å²) in [4.78, 5) is 0.609. The van der Waals surface area contributed by atoms with E-state index in [4.69, 9.17) is 10.5 Å². The van der Waals surface area contributed by atoms with E-state index in [0.29, 0.717) is 27.0 Å². The first-order valence-electron chi connectivity index (χ1n) is 6.62. The van der Waals surface area contributed by atoms with Crippen LogP contribution in [0.3, 0.4) is 0 Å². The van der Waals surface area contributed by atoms with Crippen molar-refractivity contribution in [1.29, 1.82) is 0 Å². The number of ether oxygens (including phenoxy) is 1. The molecule has 1 aliphatic heterocycles. The molecule has 2 aromatic heterocycles. The highest BCUT2D eigenvalue weighted by Crippen LogP contribution is 2.34. The highest BCUT2D eigenvalue weighted by molar-refractivity contribution is 7.19. The third-order valence-corrected chi connectivity index (χ3v) is 4.41. The number of nitrogen functional groups attached to an aromatic ring is 1. The predicted molar refractivity (Wildman–Crippen MR) is 76.4 cm³/mol. The number of anilines is 1. The van der Waals surface area contributed by atoms with E-state index in [1.807, 2.05) is 0 Å². The van der Waals surface area contributed by atoms with Crippen LogP contribution in [0.1, 0.15) is 24.8 Å². The number of aromatic nitrogens is 4. The molecule has 2 N–H and O–H groups in total. The lowest BCUT2D eigenvalue weighted by atomic mass is 10.2. The second kappa shape index (κ2) is 4.74. The van der Waals surface area contributed by atoms with Crippen molar-refractivity contribution in [1.82, 2.24) is 19.8 Å². The van der Waals surface area contributed by atoms with Crippen molar-refractivity contribution in [3.8, 4) is 10.6 Å². The minimum absolute atomic E-state index is 0.0899. The van der Waals surface area contributed by atoms with Gasteiger partial charge >= 0.3 is 0 Å². The van der Waals surface area contributed by atoms with Gasteiger partial charge in [-0.1, -0.05) is 17.4 Å². The first-order valence-corrected chi connectivity index (χ1v) is 7.44. The lowest BCUT2D eigenvalue weighted by Crippen LogP contribution is -2.03. The second-order valence-electron chi connectivity index (χ2n) is 4.87. The molecule has 108 valence electrons. The molecule has 0 amide bonds. The van der Waals surface area contributed by atoms with Gasteiger partial charge in [-0.2, -0.15) is 9.61 Å². The lowest BCUT2D eigenvalue weighted by Gasteiger charge is -2.05. The number of nitrogens with zero attached hydrogens (tertiary/aromatic N) is 4. The normalized spacial score (nSPS) is 18.6. The fourth-order valence-corrected chi connectivity index (χ4v) is 3.40. The van der Waals surface area contributed by atoms with Gasteiger partial charge in [0.05, 0.1) is 5.56 Å². The van der Waals surface area contributed by atoms with Crippen molar-refractivity contribution in [2.75, 3.05) is 12.3 Å². The second-order valence-corrected chi connectivity index (χ2v) is 5.82. The van der Waals surface area contributed by atoms with E-state index < -0.39 is 5.82 Å². The van der Waals surface area contributed by atoms with Gasteiger partial charge in [0.15, 0.2) is 10.8 Å². The van der Waals surface area contributed by atoms with Crippen LogP contribution < -0.4 is 5.73 Å². The summed E-state index contributed by atoms with van der Waals surface area (Å²) >= 11 is 1.26. The zero-order valence-electron chi connectivity index (χ0n) is 11.0. The van der Waals surface area contributed by atoms with E-state index >= 15 is 0 Å². The maximum absolute atomic E-state index is 14.0. The van der Waals surface area contributed by atoms with Gasteiger partial charge in [0.1, 0.15) is 11.9 Å². The quantitative estimate of drug-likeness (QED) is 0.736. The minimum Gasteiger partial charge on any atom is -0.398 e. The summed E-state index contributed by atoms with van der Waals surface area (Å²) in [5.41, 5.74) is 6.53. The number of fused-ring (bicyclic) bond motifs is 1. The van der Waals surface area contributed by atoms with Gasteiger partial charge in [0, 0.05) is 12.3 Å². The Balaban J connectivity index is 1.84. The van der Waals surface area contributed by atoms with Crippen molar-refractivity contribution >= 4 is 22.0 Å². The molecular weight excluding hydrogens is 293 g/mol. The summed E-state index contributed by atoms with van der Waals surface area (Å²) in [6.07, 6.45) is 1.81. The standard InChI is InChI=1S/C13H12FN5OS/c14-7-3-1-4-8(15)10(7)12-18-19-11(9-5-2-6-20-9)16-17-13(19)21-12/h1,3-4,9H,2,5-6,15H2. The van der Waals surface area contributed by atoms with Crippen LogP contribution in [-0.4, -0.2) is 26.4 Å². The van der Waals surface area contributed by atoms with Crippen LogP contribution in [0.15, 0.2) is 18.2 Å². The van der Waals surface area contributed by atoms with Crippen molar-refractivity contribution in [3.63, 3.8) is 0 Å². The summed E-state index contributed by atoms with van der Waals surface area (Å²) in [5.74, 6) is 0.276. The maximum atomic E-state index is 14.0. The molecule has 0 radical (unpaired) electrons. The molecule has 0 bridgehead atoms. The number of nitrogens with two attached hydrogens (primary N) is 1. The van der Waals surface area contributed by atoms with Crippen molar-refractivity contribution in [2.24, 2.45) is 0 Å². The molecule has 4 rings (SSSR count). The molecule has 3 heterocycles. The first-order chi connectivity index (χ1) is 10.2. The molecule has 1 unspecified atom stereocenters. The van der Waals surface area contributed by atoms with E-state index in [1.54, 1.807) is 16.6 Å². The zero-order valence-corrected chi connectivity index (χ0v) is 11.8. The third-order valence-electron chi connectivity index (χ3n) is 3.49. The molecule has 1 aromatic carbocycles. The fourth-order valence-electron chi connectivity index (χ4n) is 2.48. The Morgan fingerprint density at radius 3 is 3.05 bits per heavy atom. The average Bonchev–Trinajstić information content (AvgIpc) is 3.13. The largest absolute Gasteiger partial charge is 0.398 e. The van der Waals surface area contributed by atoms with Gasteiger partial charge in [0.2, 0.25) is 4.96 Å². The average molecular weight is 305 g/mol. The van der Waals surface area contributed by atoms with Crippen LogP contribution in [-0.2, 0) is 4.74 Å². The topological polar surface area (TPSA) is 78.3 Å². The molecule has 1 saturated heterocycles. The Morgan fingerprint density at radius 2 is 2.29 bits per heavy atom. The van der Waals surface area contributed by atoms with E-state index in [-0.39, 0.29) is 6.10 Å². The van der Waals surface area contributed by atoms with Crippen molar-refractivity contribution in [3.05, 3.63) is 29.8 Å². The summed E-state index contributed by atoms with van der Waals surface area (Å²) in [7, 11) is 0. The zero-order chi connectivity index (χ0) is 14.4. The van der Waals surface area contributed by atoms with Crippen LogP contribution in [0.25, 0.3) is 15.5 Å². The SMILES string of the molecule is Nc1cccc(F)c1-c1nn2c(C3CCCO3)nnc2s1. The molecule has 1 atom stereocenters. The summed E-state index contributed by atoms with van der Waals surface area (Å²) < 4.78 is 21.2. The van der Waals surface area contributed by atoms with E-state index in [9.17, 15) is 4.39 Å². The van der Waals surface area contributed by atoms with Gasteiger partial charge in [-0.3, -0.25) is 0 Å². The molecule has 0 spiro atoms. The molecule has 1 aliphatic rings. The van der Waals surface area contributed by atoms with Crippen molar-refractivity contribution in [2.45, 2.75) is 18.9 Å². The van der Waals surface area contributed by atoms with Crippen LogP contribution in [0.4, 0.5) is 10.1 Å². The smallest absolute Gasteiger partial charge is 0.235 e. The van der Waals surface area contributed by atoms with Gasteiger partial charge in [0.25, 0.3) is 0 Å². The van der Waals surface area contributed by atoms with Crippen LogP contribution in [0.5, 0.6) is 0 Å². The van der Waals surface area contributed by atoms with Gasteiger partial charge < -0.3 is 10.5 Å². The van der Waals surface area contributed by atoms with Gasteiger partial charge in [-0.25, -0.2) is 4.39 Å². The number of hydrogen-bond acceptors (Lipinski definition) is 6. The fraction of sp³-hybridized carbons (Fsp3) is 0.308. The van der Waals surface area contributed by atoms with Crippen LogP contribution >= 0.6 is 11.3 Å². The number of benzene rings is 1. The van der Waals surface area contributed by atoms with E-state index in [0.717, 1.165) is 19.4 Å². The van der Waals surface area contributed by atoms with E-state index in [1.165, 1.54) is 17.4 Å². The number of halogens is 1. The highest BCUT2D eigenvalue weighted by Gasteiger charge is 2.25. The van der Waals surface area contributed by atoms with Gasteiger partial charge in [-0.05, 0) is 25.0 Å². The molecule has 21 heavy (non-hydrogen) atoms. The summed E-state index contributed by atoms with van der Waals surface area (Å²) in [6.45, 7) is 0.719. The van der Waals surface area contributed by atoms with Crippen LogP contribution in [0, 0.1) is 5.82 Å². The lowest BCUT2D eigenvalue weighted by molar-refractivity contribution is 0.103. The molecule has 1 fully saturated rings. The molecular formula is C13H12FN5OS. The van der Waals surface area contributed by atoms with Crippen molar-refractivity contribution < 1.29 is 9.13 Å². The molecule has 8 heteroatoms. The third kappa shape index (κ3) is 1.98. The first kappa shape index (κ1) is 12.7. The molecule has 3 aromatic rings. The Hall–Kier alpha value is -2.06. The van der Waals surface area contributed by atoms with Gasteiger partial charge in [-0.15, -0.1) is 10.2 Å². The maximum Gasteiger partial charge on any atom is 0.235 e.